The zero-order valence-corrected chi connectivity index (χ0v) is 12.1. The lowest BCUT2D eigenvalue weighted by molar-refractivity contribution is 0.0562. The number of ether oxygens (including phenoxy) is 1. The van der Waals surface area contributed by atoms with Crippen molar-refractivity contribution < 1.29 is 19.1 Å². The highest BCUT2D eigenvalue weighted by atomic mass is 16.5. The van der Waals surface area contributed by atoms with Crippen molar-refractivity contribution in [3.8, 4) is 0 Å². The van der Waals surface area contributed by atoms with Crippen molar-refractivity contribution >= 4 is 5.97 Å². The number of hydrogen-bond acceptors (Lipinski definition) is 5. The number of furan rings is 1. The van der Waals surface area contributed by atoms with Crippen LogP contribution >= 0.6 is 0 Å². The van der Waals surface area contributed by atoms with Crippen LogP contribution in [0.4, 0.5) is 0 Å². The number of benzene rings is 1. The summed E-state index contributed by atoms with van der Waals surface area (Å²) in [6.45, 7) is 2.63. The molecule has 1 heterocycles. The minimum Gasteiger partial charge on any atom is -0.463 e. The molecule has 0 spiro atoms. The van der Waals surface area contributed by atoms with E-state index in [2.05, 4.69) is 10.1 Å². The van der Waals surface area contributed by atoms with Crippen molar-refractivity contribution in [2.24, 2.45) is 0 Å². The zero-order chi connectivity index (χ0) is 15.2. The zero-order valence-electron chi connectivity index (χ0n) is 12.1. The van der Waals surface area contributed by atoms with E-state index >= 15 is 0 Å². The second-order valence-electron chi connectivity index (χ2n) is 4.77. The Labute approximate surface area is 123 Å². The lowest BCUT2D eigenvalue weighted by Gasteiger charge is -2.12. The van der Waals surface area contributed by atoms with E-state index in [1.54, 1.807) is 12.1 Å². The van der Waals surface area contributed by atoms with Crippen LogP contribution in [0.3, 0.4) is 0 Å². The molecule has 0 aliphatic rings. The van der Waals surface area contributed by atoms with Gasteiger partial charge >= 0.3 is 5.97 Å². The van der Waals surface area contributed by atoms with Gasteiger partial charge in [0.15, 0.2) is 0 Å². The molecule has 0 aliphatic heterocycles. The van der Waals surface area contributed by atoms with Gasteiger partial charge in [-0.05, 0) is 30.2 Å². The monoisotopic (exact) mass is 289 g/mol. The van der Waals surface area contributed by atoms with E-state index in [4.69, 9.17) is 9.52 Å². The third-order valence-electron chi connectivity index (χ3n) is 3.23. The van der Waals surface area contributed by atoms with Crippen molar-refractivity contribution in [2.45, 2.75) is 26.1 Å². The van der Waals surface area contributed by atoms with Gasteiger partial charge in [-0.2, -0.15) is 0 Å². The van der Waals surface area contributed by atoms with Crippen LogP contribution < -0.4 is 5.32 Å². The van der Waals surface area contributed by atoms with Gasteiger partial charge in [0, 0.05) is 6.54 Å². The summed E-state index contributed by atoms with van der Waals surface area (Å²) in [5.74, 6) is 0.390. The Morgan fingerprint density at radius 2 is 2.10 bits per heavy atom. The molecule has 21 heavy (non-hydrogen) atoms. The van der Waals surface area contributed by atoms with Gasteiger partial charge in [0.2, 0.25) is 5.76 Å². The third-order valence-corrected chi connectivity index (χ3v) is 3.23. The molecule has 2 rings (SSSR count). The fraction of sp³-hybridized carbons (Fsp3) is 0.312. The Morgan fingerprint density at radius 1 is 1.33 bits per heavy atom. The maximum atomic E-state index is 11.3. The van der Waals surface area contributed by atoms with Crippen molar-refractivity contribution in [2.75, 3.05) is 7.11 Å². The van der Waals surface area contributed by atoms with Gasteiger partial charge in [0.25, 0.3) is 0 Å². The van der Waals surface area contributed by atoms with Crippen LogP contribution in [-0.2, 0) is 17.9 Å². The molecule has 0 saturated heterocycles. The second kappa shape index (κ2) is 7.06. The van der Waals surface area contributed by atoms with Gasteiger partial charge in [-0.15, -0.1) is 0 Å². The first kappa shape index (κ1) is 15.3. The number of esters is 1. The van der Waals surface area contributed by atoms with E-state index in [0.717, 1.165) is 11.1 Å². The predicted molar refractivity (Wildman–Crippen MR) is 77.7 cm³/mol. The summed E-state index contributed by atoms with van der Waals surface area (Å²) in [7, 11) is 1.32. The first-order valence-electron chi connectivity index (χ1n) is 6.74. The number of carbonyl (C=O) groups is 1. The lowest BCUT2D eigenvalue weighted by Crippen LogP contribution is -2.17. The van der Waals surface area contributed by atoms with Gasteiger partial charge in [-0.3, -0.25) is 0 Å². The normalized spacial score (nSPS) is 12.1. The standard InChI is InChI=1S/C16H19NO4/c1-11(14-6-7-15(21-14)16(19)20-2)17-9-12-4-3-5-13(8-12)10-18/h3-8,11,17-18H,9-10H2,1-2H3. The maximum absolute atomic E-state index is 11.3. The summed E-state index contributed by atoms with van der Waals surface area (Å²) in [5.41, 5.74) is 1.96. The van der Waals surface area contributed by atoms with Crippen molar-refractivity contribution in [1.82, 2.24) is 5.32 Å². The fourth-order valence-corrected chi connectivity index (χ4v) is 2.01. The largest absolute Gasteiger partial charge is 0.463 e. The first-order chi connectivity index (χ1) is 10.1. The lowest BCUT2D eigenvalue weighted by atomic mass is 10.1. The highest BCUT2D eigenvalue weighted by Crippen LogP contribution is 2.17. The van der Waals surface area contributed by atoms with Gasteiger partial charge in [0.05, 0.1) is 19.8 Å². The van der Waals surface area contributed by atoms with E-state index < -0.39 is 5.97 Å². The minimum absolute atomic E-state index is 0.0318. The average Bonchev–Trinajstić information content (AvgIpc) is 3.02. The van der Waals surface area contributed by atoms with Gasteiger partial charge in [0.1, 0.15) is 5.76 Å². The highest BCUT2D eigenvalue weighted by molar-refractivity contribution is 5.86. The van der Waals surface area contributed by atoms with Crippen molar-refractivity contribution in [3.63, 3.8) is 0 Å². The number of rotatable bonds is 6. The van der Waals surface area contributed by atoms with Crippen LogP contribution in [0.15, 0.2) is 40.8 Å². The van der Waals surface area contributed by atoms with Crippen LogP contribution in [0.5, 0.6) is 0 Å². The van der Waals surface area contributed by atoms with E-state index in [-0.39, 0.29) is 18.4 Å². The number of aliphatic hydroxyl groups is 1. The van der Waals surface area contributed by atoms with Crippen molar-refractivity contribution in [1.29, 1.82) is 0 Å². The Hall–Kier alpha value is -2.11. The molecule has 112 valence electrons. The minimum atomic E-state index is -0.482. The molecule has 1 aromatic heterocycles. The smallest absolute Gasteiger partial charge is 0.373 e. The summed E-state index contributed by atoms with van der Waals surface area (Å²) in [6.07, 6.45) is 0. The van der Waals surface area contributed by atoms with Crippen molar-refractivity contribution in [3.05, 3.63) is 59.0 Å². The molecule has 1 atom stereocenters. The number of methoxy groups -OCH3 is 1. The number of carbonyl (C=O) groups excluding carboxylic acids is 1. The Morgan fingerprint density at radius 3 is 2.81 bits per heavy atom. The molecule has 0 aliphatic carbocycles. The molecular weight excluding hydrogens is 270 g/mol. The van der Waals surface area contributed by atoms with Gasteiger partial charge in [-0.1, -0.05) is 24.3 Å². The summed E-state index contributed by atoms with van der Waals surface area (Å²) in [4.78, 5) is 11.3. The highest BCUT2D eigenvalue weighted by Gasteiger charge is 2.14. The molecule has 0 bridgehead atoms. The molecule has 1 aromatic carbocycles. The van der Waals surface area contributed by atoms with Crippen LogP contribution in [0.2, 0.25) is 0 Å². The van der Waals surface area contributed by atoms with E-state index in [9.17, 15) is 4.79 Å². The molecular formula is C16H19NO4. The molecule has 0 amide bonds. The van der Waals surface area contributed by atoms with Gasteiger partial charge < -0.3 is 19.6 Å². The van der Waals surface area contributed by atoms with Crippen LogP contribution in [0, 0.1) is 0 Å². The third kappa shape index (κ3) is 3.93. The molecule has 5 nitrogen and oxygen atoms in total. The molecule has 0 radical (unpaired) electrons. The van der Waals surface area contributed by atoms with E-state index in [0.29, 0.717) is 12.3 Å². The predicted octanol–water partition coefficient (Wildman–Crippen LogP) is 2.41. The van der Waals surface area contributed by atoms with Gasteiger partial charge in [-0.25, -0.2) is 4.79 Å². The van der Waals surface area contributed by atoms with E-state index in [1.165, 1.54) is 7.11 Å². The molecule has 0 fully saturated rings. The Bertz CT molecular complexity index is 606. The summed E-state index contributed by atoms with van der Waals surface area (Å²) in [6, 6.07) is 11.0. The average molecular weight is 289 g/mol. The molecule has 0 saturated carbocycles. The molecule has 5 heteroatoms. The molecule has 1 unspecified atom stereocenters. The fourth-order valence-electron chi connectivity index (χ4n) is 2.01. The summed E-state index contributed by atoms with van der Waals surface area (Å²) in [5, 5.41) is 12.4. The SMILES string of the molecule is COC(=O)c1ccc(C(C)NCc2cccc(CO)c2)o1. The Kier molecular flexibility index (Phi) is 5.14. The van der Waals surface area contributed by atoms with Crippen LogP contribution in [-0.4, -0.2) is 18.2 Å². The second-order valence-corrected chi connectivity index (χ2v) is 4.77. The molecule has 2 N–H and O–H groups in total. The quantitative estimate of drug-likeness (QED) is 0.799. The number of nitrogens with one attached hydrogen (secondary N) is 1. The van der Waals surface area contributed by atoms with E-state index in [1.807, 2.05) is 31.2 Å². The maximum Gasteiger partial charge on any atom is 0.373 e. The molecule has 2 aromatic rings. The number of hydrogen-bond donors (Lipinski definition) is 2. The number of aliphatic hydroxyl groups excluding tert-OH is 1. The topological polar surface area (TPSA) is 71.7 Å². The Balaban J connectivity index is 1.96. The van der Waals surface area contributed by atoms with Crippen LogP contribution in [0.1, 0.15) is 40.4 Å². The summed E-state index contributed by atoms with van der Waals surface area (Å²) >= 11 is 0. The van der Waals surface area contributed by atoms with Crippen LogP contribution in [0.25, 0.3) is 0 Å². The summed E-state index contributed by atoms with van der Waals surface area (Å²) < 4.78 is 10.1. The first-order valence-corrected chi connectivity index (χ1v) is 6.74.